The predicted octanol–water partition coefficient (Wildman–Crippen LogP) is 3.60. The maximum Gasteiger partial charge on any atom is 0.0231 e. The molecule has 0 aromatic heterocycles. The SMILES string of the molecule is [Li].c1ccc(CSc2ccccc2)cc1. The van der Waals surface area contributed by atoms with Crippen molar-refractivity contribution < 1.29 is 0 Å². The Hall–Kier alpha value is -0.613. The van der Waals surface area contributed by atoms with Gasteiger partial charge in [-0.2, -0.15) is 0 Å². The predicted molar refractivity (Wildman–Crippen MR) is 68.2 cm³/mol. The normalized spacial score (nSPS) is 9.33. The Kier molecular flexibility index (Phi) is 5.64. The van der Waals surface area contributed by atoms with E-state index in [0.29, 0.717) is 0 Å². The van der Waals surface area contributed by atoms with Gasteiger partial charge in [0.1, 0.15) is 0 Å². The van der Waals surface area contributed by atoms with Gasteiger partial charge in [0.2, 0.25) is 0 Å². The zero-order valence-electron chi connectivity index (χ0n) is 8.89. The molecule has 0 nitrogen and oxygen atoms in total. The summed E-state index contributed by atoms with van der Waals surface area (Å²) in [6.45, 7) is 0. The molecule has 0 spiro atoms. The Labute approximate surface area is 107 Å². The average Bonchev–Trinajstić information content (AvgIpc) is 2.29. The van der Waals surface area contributed by atoms with E-state index >= 15 is 0 Å². The van der Waals surface area contributed by atoms with E-state index in [2.05, 4.69) is 54.6 Å². The van der Waals surface area contributed by atoms with E-state index in [0.717, 1.165) is 5.75 Å². The maximum absolute atomic E-state index is 2.16. The van der Waals surface area contributed by atoms with E-state index in [1.54, 1.807) is 0 Å². The Morgan fingerprint density at radius 1 is 0.733 bits per heavy atom. The van der Waals surface area contributed by atoms with Crippen molar-refractivity contribution in [3.8, 4) is 0 Å². The van der Waals surface area contributed by atoms with E-state index in [-0.39, 0.29) is 18.9 Å². The molecule has 2 heteroatoms. The summed E-state index contributed by atoms with van der Waals surface area (Å²) in [7, 11) is 0. The third-order valence-corrected chi connectivity index (χ3v) is 3.07. The molecule has 0 fully saturated rings. The summed E-state index contributed by atoms with van der Waals surface area (Å²) >= 11 is 1.87. The van der Waals surface area contributed by atoms with Crippen LogP contribution in [0.4, 0.5) is 0 Å². The van der Waals surface area contributed by atoms with Gasteiger partial charge < -0.3 is 0 Å². The summed E-state index contributed by atoms with van der Waals surface area (Å²) in [5, 5.41) is 0. The fraction of sp³-hybridized carbons (Fsp3) is 0.0769. The molecule has 0 amide bonds. The van der Waals surface area contributed by atoms with Crippen molar-refractivity contribution in [3.05, 3.63) is 66.2 Å². The molecule has 2 aromatic carbocycles. The van der Waals surface area contributed by atoms with Crippen LogP contribution in [0.25, 0.3) is 0 Å². The van der Waals surface area contributed by atoms with Gasteiger partial charge in [0.25, 0.3) is 0 Å². The molecule has 0 aliphatic rings. The number of rotatable bonds is 3. The molecule has 0 unspecified atom stereocenters. The van der Waals surface area contributed by atoms with E-state index in [9.17, 15) is 0 Å². The Morgan fingerprint density at radius 2 is 1.27 bits per heavy atom. The average molecular weight is 207 g/mol. The minimum atomic E-state index is 0. The summed E-state index contributed by atoms with van der Waals surface area (Å²) in [6, 6.07) is 21.0. The molecular formula is C13H12LiS. The Morgan fingerprint density at radius 3 is 1.87 bits per heavy atom. The topological polar surface area (TPSA) is 0 Å². The summed E-state index contributed by atoms with van der Waals surface area (Å²) in [5.41, 5.74) is 1.38. The van der Waals surface area contributed by atoms with Gasteiger partial charge in [0.05, 0.1) is 0 Å². The van der Waals surface area contributed by atoms with Gasteiger partial charge in [-0.25, -0.2) is 0 Å². The van der Waals surface area contributed by atoms with Gasteiger partial charge in [-0.1, -0.05) is 48.5 Å². The smallest absolute Gasteiger partial charge is 0.0231 e. The van der Waals surface area contributed by atoms with Gasteiger partial charge in [-0.3, -0.25) is 0 Å². The quantitative estimate of drug-likeness (QED) is 0.547. The van der Waals surface area contributed by atoms with Gasteiger partial charge in [0, 0.05) is 29.5 Å². The minimum Gasteiger partial charge on any atom is -0.121 e. The molecule has 0 heterocycles. The van der Waals surface area contributed by atoms with Crippen molar-refractivity contribution in [3.63, 3.8) is 0 Å². The van der Waals surface area contributed by atoms with Crippen LogP contribution in [-0.2, 0) is 5.75 Å². The van der Waals surface area contributed by atoms with Crippen molar-refractivity contribution in [1.29, 1.82) is 0 Å². The number of thioether (sulfide) groups is 1. The fourth-order valence-corrected chi connectivity index (χ4v) is 2.13. The van der Waals surface area contributed by atoms with Gasteiger partial charge >= 0.3 is 0 Å². The molecule has 0 N–H and O–H groups in total. The maximum atomic E-state index is 2.16. The van der Waals surface area contributed by atoms with Crippen molar-refractivity contribution >= 4 is 30.6 Å². The summed E-state index contributed by atoms with van der Waals surface area (Å²) in [4.78, 5) is 1.33. The summed E-state index contributed by atoms with van der Waals surface area (Å²) in [6.07, 6.45) is 0. The van der Waals surface area contributed by atoms with Gasteiger partial charge in [0.15, 0.2) is 0 Å². The molecule has 2 rings (SSSR count). The third-order valence-electron chi connectivity index (χ3n) is 1.99. The standard InChI is InChI=1S/C13H12S.Li/c1-3-7-12(8-4-1)11-14-13-9-5-2-6-10-13;/h1-10H,11H2;. The van der Waals surface area contributed by atoms with E-state index < -0.39 is 0 Å². The first-order chi connectivity index (χ1) is 6.95. The number of hydrogen-bond donors (Lipinski definition) is 0. The molecule has 0 atom stereocenters. The van der Waals surface area contributed by atoms with Crippen molar-refractivity contribution in [2.24, 2.45) is 0 Å². The first kappa shape index (κ1) is 12.5. The summed E-state index contributed by atoms with van der Waals surface area (Å²) in [5.74, 6) is 1.05. The Bertz CT molecular complexity index is 333. The van der Waals surface area contributed by atoms with Crippen LogP contribution in [0, 0.1) is 0 Å². The van der Waals surface area contributed by atoms with E-state index in [1.807, 2.05) is 17.8 Å². The molecule has 0 aliphatic carbocycles. The van der Waals surface area contributed by atoms with Gasteiger partial charge in [-0.15, -0.1) is 11.8 Å². The zero-order chi connectivity index (χ0) is 9.64. The molecule has 0 saturated heterocycles. The molecular weight excluding hydrogens is 195 g/mol. The van der Waals surface area contributed by atoms with Crippen molar-refractivity contribution in [2.75, 3.05) is 0 Å². The molecule has 1 radical (unpaired) electrons. The molecule has 0 aliphatic heterocycles. The van der Waals surface area contributed by atoms with Crippen LogP contribution in [0.3, 0.4) is 0 Å². The van der Waals surface area contributed by atoms with Crippen molar-refractivity contribution in [2.45, 2.75) is 10.6 Å². The molecule has 0 saturated carbocycles. The van der Waals surface area contributed by atoms with Crippen LogP contribution in [-0.4, -0.2) is 18.9 Å². The third kappa shape index (κ3) is 4.18. The Balaban J connectivity index is 0.00000112. The van der Waals surface area contributed by atoms with Crippen LogP contribution in [0.15, 0.2) is 65.6 Å². The van der Waals surface area contributed by atoms with Crippen LogP contribution >= 0.6 is 11.8 Å². The first-order valence-corrected chi connectivity index (χ1v) is 5.65. The zero-order valence-corrected chi connectivity index (χ0v) is 9.71. The van der Waals surface area contributed by atoms with Crippen LogP contribution in [0.5, 0.6) is 0 Å². The molecule has 2 aromatic rings. The largest absolute Gasteiger partial charge is 0.121 e. The van der Waals surface area contributed by atoms with Crippen LogP contribution in [0.2, 0.25) is 0 Å². The van der Waals surface area contributed by atoms with E-state index in [1.165, 1.54) is 10.5 Å². The van der Waals surface area contributed by atoms with Crippen LogP contribution in [0.1, 0.15) is 5.56 Å². The van der Waals surface area contributed by atoms with Crippen LogP contribution < -0.4 is 0 Å². The second kappa shape index (κ2) is 6.79. The summed E-state index contributed by atoms with van der Waals surface area (Å²) < 4.78 is 0. The fourth-order valence-electron chi connectivity index (χ4n) is 1.26. The van der Waals surface area contributed by atoms with Gasteiger partial charge in [-0.05, 0) is 17.7 Å². The second-order valence-electron chi connectivity index (χ2n) is 3.09. The number of hydrogen-bond acceptors (Lipinski definition) is 1. The number of benzene rings is 2. The van der Waals surface area contributed by atoms with E-state index in [4.69, 9.17) is 0 Å². The molecule has 0 bridgehead atoms. The molecule has 15 heavy (non-hydrogen) atoms. The first-order valence-electron chi connectivity index (χ1n) is 4.67. The second-order valence-corrected chi connectivity index (χ2v) is 4.14. The minimum absolute atomic E-state index is 0. The molecule has 71 valence electrons. The monoisotopic (exact) mass is 207 g/mol. The van der Waals surface area contributed by atoms with Crippen molar-refractivity contribution in [1.82, 2.24) is 0 Å².